The molecule has 2 saturated heterocycles. The van der Waals surface area contributed by atoms with Crippen LogP contribution in [0.5, 0.6) is 11.5 Å². The third-order valence-electron chi connectivity index (χ3n) is 10.3. The second-order valence-corrected chi connectivity index (χ2v) is 14.0. The molecule has 10 nitrogen and oxygen atoms in total. The van der Waals surface area contributed by atoms with Crippen molar-refractivity contribution >= 4 is 64.2 Å². The molecule has 2 aliphatic heterocycles. The molecule has 0 bridgehead atoms. The minimum absolute atomic E-state index is 0.121. The van der Waals surface area contributed by atoms with E-state index in [1.165, 1.54) is 31.2 Å². The number of carbonyl (C=O) groups is 5. The Bertz CT molecular complexity index is 2190. The maximum atomic E-state index is 15.2. The van der Waals surface area contributed by atoms with Gasteiger partial charge in [0.15, 0.2) is 33.0 Å². The highest BCUT2D eigenvalue weighted by atomic mass is 35.5. The van der Waals surface area contributed by atoms with Gasteiger partial charge in [0.1, 0.15) is 22.7 Å². The van der Waals surface area contributed by atoms with Crippen LogP contribution in [0.2, 0.25) is 0 Å². The quantitative estimate of drug-likeness (QED) is 0.0782. The molecule has 0 aromatic heterocycles. The first-order valence-electron chi connectivity index (χ1n) is 15.1. The Morgan fingerprint density at radius 3 is 2.08 bits per heavy atom. The number of aromatic carboxylic acids is 1. The number of hydrogen-bond acceptors (Lipinski definition) is 7. The number of phenols is 2. The molecule has 2 aliphatic carbocycles. The highest BCUT2D eigenvalue weighted by molar-refractivity contribution is 6.58. The number of imide groups is 2. The van der Waals surface area contributed by atoms with Crippen molar-refractivity contribution in [3.05, 3.63) is 93.8 Å². The number of aromatic hydroxyl groups is 2. The maximum Gasteiger partial charge on any atom is 0.339 e. The minimum atomic E-state index is -2.81. The Kier molecular flexibility index (Phi) is 7.59. The summed E-state index contributed by atoms with van der Waals surface area (Å²) in [5, 5.41) is 30.8. The topological polar surface area (TPSA) is 153 Å². The van der Waals surface area contributed by atoms with Crippen molar-refractivity contribution in [3.63, 3.8) is 0 Å². The lowest BCUT2D eigenvalue weighted by Crippen LogP contribution is -2.60. The zero-order valence-corrected chi connectivity index (χ0v) is 27.2. The summed E-state index contributed by atoms with van der Waals surface area (Å²) in [6, 6.07) is 7.22. The van der Waals surface area contributed by atoms with Gasteiger partial charge in [-0.2, -0.15) is 0 Å². The van der Waals surface area contributed by atoms with E-state index < -0.39 is 121 Å². The van der Waals surface area contributed by atoms with E-state index in [-0.39, 0.29) is 33.7 Å². The number of carboxylic acid groups (broad SMARTS) is 1. The third-order valence-corrected chi connectivity index (χ3v) is 11.7. The van der Waals surface area contributed by atoms with Crippen LogP contribution in [0.4, 0.5) is 33.3 Å². The summed E-state index contributed by atoms with van der Waals surface area (Å²) in [6.07, 6.45) is 0.517. The molecule has 1 saturated carbocycles. The first-order chi connectivity index (χ1) is 23.9. The van der Waals surface area contributed by atoms with E-state index in [1.54, 1.807) is 0 Å². The third kappa shape index (κ3) is 4.30. The molecule has 3 N–H and O–H groups in total. The van der Waals surface area contributed by atoms with Crippen molar-refractivity contribution in [1.29, 1.82) is 0 Å². The van der Waals surface area contributed by atoms with Crippen LogP contribution in [0.1, 0.15) is 40.2 Å². The number of carboxylic acids is 1. The molecule has 51 heavy (non-hydrogen) atoms. The van der Waals surface area contributed by atoms with E-state index in [1.807, 2.05) is 0 Å². The van der Waals surface area contributed by atoms with Gasteiger partial charge in [-0.3, -0.25) is 19.2 Å². The van der Waals surface area contributed by atoms with E-state index in [4.69, 9.17) is 23.2 Å². The molecular weight excluding hydrogens is 730 g/mol. The number of carbonyl (C=O) groups excluding carboxylic acids is 4. The monoisotopic (exact) mass is 750 g/mol. The molecule has 17 heteroatoms. The summed E-state index contributed by atoms with van der Waals surface area (Å²) in [6.45, 7) is 1.48. The number of alkyl halides is 2. The van der Waals surface area contributed by atoms with Crippen molar-refractivity contribution < 1.29 is 61.2 Å². The summed E-state index contributed by atoms with van der Waals surface area (Å²) in [5.41, 5.74) is -2.41. The lowest BCUT2D eigenvalue weighted by atomic mass is 9.56. The van der Waals surface area contributed by atoms with Crippen molar-refractivity contribution in [2.45, 2.75) is 35.4 Å². The summed E-state index contributed by atoms with van der Waals surface area (Å²) < 4.78 is 73.2. The van der Waals surface area contributed by atoms with E-state index in [0.717, 1.165) is 18.2 Å². The number of allylic oxidation sites excluding steroid dienone is 2. The average Bonchev–Trinajstić information content (AvgIpc) is 3.42. The SMILES string of the molecule is Cc1cccc([C@H]2C3=CC[C@@H]4C(=O)N(c5ccc(C(=O)O)c(O)c5)C(=O)[C@@H]4[C@@H]3C[C@@]3(Cl)C(=O)N(c4c(F)c(F)c(F)c(F)c4F)C(=O)[C@@]23Cl)c1O. The van der Waals surface area contributed by atoms with Crippen LogP contribution in [0.25, 0.3) is 0 Å². The van der Waals surface area contributed by atoms with Gasteiger partial charge >= 0.3 is 5.97 Å². The van der Waals surface area contributed by atoms with Gasteiger partial charge in [0.05, 0.1) is 17.5 Å². The van der Waals surface area contributed by atoms with Gasteiger partial charge < -0.3 is 15.3 Å². The Hall–Kier alpha value is -5.02. The van der Waals surface area contributed by atoms with Crippen LogP contribution in [-0.2, 0) is 19.2 Å². The van der Waals surface area contributed by atoms with Gasteiger partial charge in [0.25, 0.3) is 11.8 Å². The summed E-state index contributed by atoms with van der Waals surface area (Å²) in [7, 11) is 0. The van der Waals surface area contributed by atoms with Crippen LogP contribution in [0.15, 0.2) is 48.0 Å². The number of nitrogens with zero attached hydrogens (tertiary/aromatic N) is 2. The fraction of sp³-hybridized carbons (Fsp3) is 0.265. The molecule has 7 rings (SSSR count). The van der Waals surface area contributed by atoms with Crippen molar-refractivity contribution in [2.24, 2.45) is 17.8 Å². The fourth-order valence-corrected chi connectivity index (χ4v) is 8.85. The molecule has 3 aromatic carbocycles. The Morgan fingerprint density at radius 2 is 1.47 bits per heavy atom. The van der Waals surface area contributed by atoms with Gasteiger partial charge in [0, 0.05) is 17.5 Å². The smallest absolute Gasteiger partial charge is 0.339 e. The highest BCUT2D eigenvalue weighted by Gasteiger charge is 2.77. The number of halogens is 7. The number of aryl methyl sites for hydroxylation is 1. The van der Waals surface area contributed by atoms with Gasteiger partial charge in [0.2, 0.25) is 17.6 Å². The van der Waals surface area contributed by atoms with E-state index in [0.29, 0.717) is 4.90 Å². The summed E-state index contributed by atoms with van der Waals surface area (Å²) in [5.74, 6) is -25.7. The molecule has 2 heterocycles. The molecule has 264 valence electrons. The van der Waals surface area contributed by atoms with Gasteiger partial charge in [-0.15, -0.1) is 23.2 Å². The highest BCUT2D eigenvalue weighted by Crippen LogP contribution is 2.67. The zero-order chi connectivity index (χ0) is 37.2. The maximum absolute atomic E-state index is 15.2. The molecule has 0 spiro atoms. The van der Waals surface area contributed by atoms with E-state index >= 15 is 8.78 Å². The number of benzene rings is 3. The second-order valence-electron chi connectivity index (χ2n) is 12.7. The standard InChI is InChI=1S/C34H21Cl2F5N2O8/c1-11-3-2-4-16(27(11)45)20-13-7-8-15-19(29(47)42(28(15)46)12-5-6-14(30(48)49)18(44)9-12)17(13)10-33(35)31(50)43(32(51)34(20,33)36)26-24(40)22(38)21(37)23(39)25(26)41/h2-7,9,15,17,19-20,44-45H,8,10H2,1H3,(H,48,49)/t15-,17+,19-,20+,33+,34-/m0/s1. The largest absolute Gasteiger partial charge is 0.507 e. The molecule has 4 amide bonds. The van der Waals surface area contributed by atoms with Crippen LogP contribution in [0, 0.1) is 53.8 Å². The molecule has 0 radical (unpaired) electrons. The van der Waals surface area contributed by atoms with E-state index in [9.17, 15) is 52.5 Å². The van der Waals surface area contributed by atoms with E-state index in [2.05, 4.69) is 0 Å². The fourth-order valence-electron chi connectivity index (χ4n) is 7.92. The Balaban J connectivity index is 1.42. The molecule has 0 unspecified atom stereocenters. The van der Waals surface area contributed by atoms with Crippen molar-refractivity contribution in [1.82, 2.24) is 0 Å². The minimum Gasteiger partial charge on any atom is -0.507 e. The van der Waals surface area contributed by atoms with Gasteiger partial charge in [-0.05, 0) is 43.4 Å². The summed E-state index contributed by atoms with van der Waals surface area (Å²) >= 11 is 14.1. The van der Waals surface area contributed by atoms with Crippen molar-refractivity contribution in [2.75, 3.05) is 9.80 Å². The molecular formula is C34H21Cl2F5N2O8. The zero-order valence-electron chi connectivity index (χ0n) is 25.7. The number of fused-ring (bicyclic) bond motifs is 4. The number of para-hydroxylation sites is 1. The van der Waals surface area contributed by atoms with Crippen LogP contribution >= 0.6 is 23.2 Å². The number of rotatable bonds is 4. The molecule has 3 fully saturated rings. The number of phenolic OH excluding ortho intramolecular Hbond substituents is 1. The molecule has 4 aliphatic rings. The van der Waals surface area contributed by atoms with Crippen molar-refractivity contribution in [3.8, 4) is 11.5 Å². The van der Waals surface area contributed by atoms with Gasteiger partial charge in [-0.25, -0.2) is 36.5 Å². The average molecular weight is 751 g/mol. The van der Waals surface area contributed by atoms with Crippen LogP contribution in [0.3, 0.4) is 0 Å². The van der Waals surface area contributed by atoms with Crippen LogP contribution < -0.4 is 9.80 Å². The lowest BCUT2D eigenvalue weighted by Gasteiger charge is -2.50. The number of anilines is 2. The lowest BCUT2D eigenvalue weighted by molar-refractivity contribution is -0.125. The Labute approximate surface area is 293 Å². The first-order valence-corrected chi connectivity index (χ1v) is 15.9. The normalized spacial score (nSPS) is 28.5. The summed E-state index contributed by atoms with van der Waals surface area (Å²) in [4.78, 5) is 62.8. The number of amides is 4. The first kappa shape index (κ1) is 34.4. The molecule has 6 atom stereocenters. The second kappa shape index (κ2) is 11.2. The predicted octanol–water partition coefficient (Wildman–Crippen LogP) is 5.57. The predicted molar refractivity (Wildman–Crippen MR) is 167 cm³/mol. The van der Waals surface area contributed by atoms with Gasteiger partial charge in [-0.1, -0.05) is 29.8 Å². The number of hydrogen-bond donors (Lipinski definition) is 3. The molecule has 3 aromatic rings. The Morgan fingerprint density at radius 1 is 0.843 bits per heavy atom. The van der Waals surface area contributed by atoms with Crippen LogP contribution in [-0.4, -0.2) is 54.7 Å².